The molecule has 0 bridgehead atoms. The number of alkyl halides is 2. The van der Waals surface area contributed by atoms with Gasteiger partial charge < -0.3 is 15.8 Å². The first-order chi connectivity index (χ1) is 6.37. The van der Waals surface area contributed by atoms with E-state index in [0.717, 1.165) is 0 Å². The number of nitrogens with two attached hydrogens (primary N) is 1. The molecule has 0 fully saturated rings. The highest BCUT2D eigenvalue weighted by molar-refractivity contribution is 5.85. The van der Waals surface area contributed by atoms with Gasteiger partial charge in [0, 0.05) is 0 Å². The number of ether oxygens (including phenoxy) is 1. The van der Waals surface area contributed by atoms with Crippen LogP contribution in [0.3, 0.4) is 0 Å². The predicted octanol–water partition coefficient (Wildman–Crippen LogP) is 0.543. The second-order valence-corrected chi connectivity index (χ2v) is 3.20. The van der Waals surface area contributed by atoms with Crippen molar-refractivity contribution in [3.05, 3.63) is 0 Å². The van der Waals surface area contributed by atoms with E-state index in [-0.39, 0.29) is 25.1 Å². The van der Waals surface area contributed by atoms with E-state index in [4.69, 9.17) is 10.5 Å². The summed E-state index contributed by atoms with van der Waals surface area (Å²) in [5, 5.41) is 2.04. The second-order valence-electron chi connectivity index (χ2n) is 3.20. The third-order valence-corrected chi connectivity index (χ3v) is 1.39. The normalized spacial score (nSPS) is 11.1. The molecule has 15 heavy (non-hydrogen) atoms. The van der Waals surface area contributed by atoms with Gasteiger partial charge in [-0.15, -0.1) is 12.4 Å². The molecule has 0 rings (SSSR count). The summed E-state index contributed by atoms with van der Waals surface area (Å²) in [6.07, 6.45) is -0.101. The quantitative estimate of drug-likeness (QED) is 0.719. The van der Waals surface area contributed by atoms with Crippen LogP contribution in [0.25, 0.3) is 0 Å². The van der Waals surface area contributed by atoms with Crippen LogP contribution in [0.15, 0.2) is 0 Å². The minimum absolute atomic E-state index is 0. The summed E-state index contributed by atoms with van der Waals surface area (Å²) >= 11 is 0. The van der Waals surface area contributed by atoms with Gasteiger partial charge in [-0.2, -0.15) is 0 Å². The summed E-state index contributed by atoms with van der Waals surface area (Å²) in [4.78, 5) is 10.9. The Kier molecular flexibility index (Phi) is 8.80. The van der Waals surface area contributed by atoms with Gasteiger partial charge >= 0.3 is 0 Å². The van der Waals surface area contributed by atoms with Crippen molar-refractivity contribution in [3.63, 3.8) is 0 Å². The number of nitrogens with one attached hydrogen (secondary N) is 1. The van der Waals surface area contributed by atoms with Gasteiger partial charge in [-0.25, -0.2) is 8.78 Å². The Labute approximate surface area is 93.9 Å². The van der Waals surface area contributed by atoms with E-state index in [1.165, 1.54) is 0 Å². The summed E-state index contributed by atoms with van der Waals surface area (Å²) in [7, 11) is 0. The number of hydrogen-bond acceptors (Lipinski definition) is 3. The molecule has 7 heteroatoms. The maximum Gasteiger partial charge on any atom is 0.277 e. The Morgan fingerprint density at radius 2 is 2.07 bits per heavy atom. The average molecular weight is 247 g/mol. The van der Waals surface area contributed by atoms with Gasteiger partial charge in [-0.3, -0.25) is 4.79 Å². The molecule has 0 atom stereocenters. The highest BCUT2D eigenvalue weighted by Crippen LogP contribution is 2.08. The molecular weight excluding hydrogens is 230 g/mol. The van der Waals surface area contributed by atoms with E-state index in [1.807, 2.05) is 5.32 Å². The zero-order valence-electron chi connectivity index (χ0n) is 8.76. The van der Waals surface area contributed by atoms with Crippen molar-refractivity contribution in [2.24, 2.45) is 5.73 Å². The first kappa shape index (κ1) is 17.0. The number of hydrogen-bond donors (Lipinski definition) is 2. The number of carbonyl (C=O) groups is 1. The molecule has 0 saturated carbocycles. The van der Waals surface area contributed by atoms with Crippen LogP contribution in [-0.2, 0) is 9.53 Å². The topological polar surface area (TPSA) is 64.3 Å². The van der Waals surface area contributed by atoms with Crippen LogP contribution in [0.1, 0.15) is 13.8 Å². The van der Waals surface area contributed by atoms with E-state index in [0.29, 0.717) is 0 Å². The fourth-order valence-electron chi connectivity index (χ4n) is 0.593. The SMILES string of the molecule is CC(C)OCC(=O)NCC(F)(F)CN.Cl. The summed E-state index contributed by atoms with van der Waals surface area (Å²) < 4.78 is 30.0. The molecule has 0 unspecified atom stereocenters. The Hall–Kier alpha value is -0.460. The first-order valence-electron chi connectivity index (χ1n) is 4.33. The molecule has 0 radical (unpaired) electrons. The minimum atomic E-state index is -3.05. The molecular formula is C8H17ClF2N2O2. The van der Waals surface area contributed by atoms with Gasteiger partial charge in [-0.1, -0.05) is 0 Å². The van der Waals surface area contributed by atoms with Gasteiger partial charge in [0.05, 0.1) is 19.2 Å². The van der Waals surface area contributed by atoms with Gasteiger partial charge in [0.2, 0.25) is 5.91 Å². The van der Waals surface area contributed by atoms with Gasteiger partial charge in [0.25, 0.3) is 5.92 Å². The Balaban J connectivity index is 0. The van der Waals surface area contributed by atoms with Crippen molar-refractivity contribution < 1.29 is 18.3 Å². The maximum absolute atomic E-state index is 12.5. The Morgan fingerprint density at radius 1 is 1.53 bits per heavy atom. The van der Waals surface area contributed by atoms with Crippen molar-refractivity contribution in [2.75, 3.05) is 19.7 Å². The lowest BCUT2D eigenvalue weighted by molar-refractivity contribution is -0.128. The van der Waals surface area contributed by atoms with Crippen LogP contribution in [-0.4, -0.2) is 37.6 Å². The number of rotatable bonds is 6. The van der Waals surface area contributed by atoms with Crippen LogP contribution in [0, 0.1) is 0 Å². The van der Waals surface area contributed by atoms with E-state index < -0.39 is 24.9 Å². The maximum atomic E-state index is 12.5. The molecule has 4 nitrogen and oxygen atoms in total. The van der Waals surface area contributed by atoms with Crippen molar-refractivity contribution in [1.29, 1.82) is 0 Å². The molecule has 0 saturated heterocycles. The zero-order chi connectivity index (χ0) is 11.2. The van der Waals surface area contributed by atoms with Crippen molar-refractivity contribution in [1.82, 2.24) is 5.32 Å². The molecule has 1 amide bonds. The number of carbonyl (C=O) groups excluding carboxylic acids is 1. The van der Waals surface area contributed by atoms with Crippen LogP contribution >= 0.6 is 12.4 Å². The van der Waals surface area contributed by atoms with Crippen LogP contribution in [0.4, 0.5) is 8.78 Å². The molecule has 0 spiro atoms. The number of halogens is 3. The first-order valence-corrected chi connectivity index (χ1v) is 4.33. The number of amides is 1. The fraction of sp³-hybridized carbons (Fsp3) is 0.875. The van der Waals surface area contributed by atoms with Crippen molar-refractivity contribution in [3.8, 4) is 0 Å². The molecule has 0 aromatic carbocycles. The Morgan fingerprint density at radius 3 is 2.47 bits per heavy atom. The summed E-state index contributed by atoms with van der Waals surface area (Å²) in [5.41, 5.74) is 4.78. The van der Waals surface area contributed by atoms with Crippen LogP contribution in [0.5, 0.6) is 0 Å². The summed E-state index contributed by atoms with van der Waals surface area (Å²) in [6, 6.07) is 0. The molecule has 3 N–H and O–H groups in total. The smallest absolute Gasteiger partial charge is 0.277 e. The molecule has 0 aromatic heterocycles. The summed E-state index contributed by atoms with van der Waals surface area (Å²) in [6.45, 7) is 1.77. The molecule has 0 aromatic rings. The largest absolute Gasteiger partial charge is 0.369 e. The Bertz CT molecular complexity index is 191. The molecule has 0 heterocycles. The highest BCUT2D eigenvalue weighted by Gasteiger charge is 2.26. The molecule has 92 valence electrons. The average Bonchev–Trinajstić information content (AvgIpc) is 2.11. The third kappa shape index (κ3) is 9.84. The minimum Gasteiger partial charge on any atom is -0.369 e. The van der Waals surface area contributed by atoms with Gasteiger partial charge in [0.15, 0.2) is 0 Å². The lowest BCUT2D eigenvalue weighted by atomic mass is 10.3. The van der Waals surface area contributed by atoms with Crippen molar-refractivity contribution >= 4 is 18.3 Å². The zero-order valence-corrected chi connectivity index (χ0v) is 9.57. The van der Waals surface area contributed by atoms with E-state index in [1.54, 1.807) is 13.8 Å². The lowest BCUT2D eigenvalue weighted by Gasteiger charge is -2.14. The molecule has 0 aliphatic rings. The lowest BCUT2D eigenvalue weighted by Crippen LogP contribution is -2.42. The molecule has 0 aliphatic carbocycles. The van der Waals surface area contributed by atoms with Gasteiger partial charge in [-0.05, 0) is 13.8 Å². The van der Waals surface area contributed by atoms with E-state index >= 15 is 0 Å². The predicted molar refractivity (Wildman–Crippen MR) is 55.3 cm³/mol. The third-order valence-electron chi connectivity index (χ3n) is 1.39. The monoisotopic (exact) mass is 246 g/mol. The van der Waals surface area contributed by atoms with E-state index in [9.17, 15) is 13.6 Å². The fourth-order valence-corrected chi connectivity index (χ4v) is 0.593. The highest BCUT2D eigenvalue weighted by atomic mass is 35.5. The summed E-state index contributed by atoms with van der Waals surface area (Å²) in [5.74, 6) is -3.61. The van der Waals surface area contributed by atoms with Crippen molar-refractivity contribution in [2.45, 2.75) is 25.9 Å². The van der Waals surface area contributed by atoms with Crippen LogP contribution < -0.4 is 11.1 Å². The standard InChI is InChI=1S/C8H16F2N2O2.ClH/c1-6(2)14-3-7(13)12-5-8(9,10)4-11;/h6H,3-5,11H2,1-2H3,(H,12,13);1H. The van der Waals surface area contributed by atoms with Gasteiger partial charge in [0.1, 0.15) is 6.61 Å². The van der Waals surface area contributed by atoms with E-state index in [2.05, 4.69) is 0 Å². The molecule has 0 aliphatic heterocycles. The second kappa shape index (κ2) is 7.78. The van der Waals surface area contributed by atoms with Crippen LogP contribution in [0.2, 0.25) is 0 Å².